The van der Waals surface area contributed by atoms with Gasteiger partial charge < -0.3 is 15.0 Å². The summed E-state index contributed by atoms with van der Waals surface area (Å²) >= 11 is 0. The normalized spacial score (nSPS) is 15.5. The number of likely N-dealkylation sites (tertiary alicyclic amines) is 1. The number of hydrogen-bond donors (Lipinski definition) is 1. The largest absolute Gasteiger partial charge is 0.470 e. The summed E-state index contributed by atoms with van der Waals surface area (Å²) in [6, 6.07) is 2.54. The molecule has 0 radical (unpaired) electrons. The van der Waals surface area contributed by atoms with Gasteiger partial charge >= 0.3 is 0 Å². The van der Waals surface area contributed by atoms with E-state index in [-0.39, 0.29) is 40.9 Å². The molecule has 1 fully saturated rings. The van der Waals surface area contributed by atoms with Crippen molar-refractivity contribution in [1.29, 1.82) is 0 Å². The molecule has 1 atom stereocenters. The van der Waals surface area contributed by atoms with Crippen molar-refractivity contribution in [3.05, 3.63) is 54.6 Å². The van der Waals surface area contributed by atoms with Crippen molar-refractivity contribution >= 4 is 28.4 Å². The molecule has 3 aromatic heterocycles. The molecule has 8 nitrogen and oxygen atoms in total. The average molecular weight is 422 g/mol. The molecule has 10 heteroatoms. The first-order valence-electron chi connectivity index (χ1n) is 9.27. The summed E-state index contributed by atoms with van der Waals surface area (Å²) < 4.78 is 34.4. The van der Waals surface area contributed by atoms with Crippen molar-refractivity contribution in [1.82, 2.24) is 24.8 Å². The van der Waals surface area contributed by atoms with Crippen LogP contribution in [-0.4, -0.2) is 49.9 Å². The summed E-state index contributed by atoms with van der Waals surface area (Å²) in [5.74, 6) is 0.505. The molecule has 31 heavy (non-hydrogen) atoms. The number of halogens is 2. The maximum absolute atomic E-state index is 14.6. The number of aromatic nitrogens is 4. The number of amides is 1. The number of rotatable bonds is 5. The molecule has 1 saturated heterocycles. The standard InChI is InChI=1S/C21H16F2N6O2/c1-3-12-7-16(19(23)24-9-12)27-20-18-15(25-11-26-20)8-14(22)21(28-18)31-13-5-6-29(10-13)17(30)4-2/h1,4,7-9,11,13H,2,5-6,10H2,(H,25,26,27)/t13-/m0/s1. The first-order chi connectivity index (χ1) is 15.0. The quantitative estimate of drug-likeness (QED) is 0.384. The Morgan fingerprint density at radius 1 is 1.35 bits per heavy atom. The third-order valence-corrected chi connectivity index (χ3v) is 4.70. The van der Waals surface area contributed by atoms with Gasteiger partial charge in [0.1, 0.15) is 17.9 Å². The van der Waals surface area contributed by atoms with Gasteiger partial charge in [0.2, 0.25) is 11.9 Å². The fourth-order valence-corrected chi connectivity index (χ4v) is 3.17. The minimum absolute atomic E-state index is 0.0154. The van der Waals surface area contributed by atoms with E-state index in [1.54, 1.807) is 4.90 Å². The van der Waals surface area contributed by atoms with Crippen molar-refractivity contribution in [3.8, 4) is 18.2 Å². The van der Waals surface area contributed by atoms with E-state index >= 15 is 0 Å². The van der Waals surface area contributed by atoms with Crippen LogP contribution in [0.1, 0.15) is 12.0 Å². The molecule has 3 aromatic rings. The molecule has 1 N–H and O–H groups in total. The van der Waals surface area contributed by atoms with Gasteiger partial charge in [-0.05, 0) is 12.1 Å². The SMILES string of the molecule is C#Cc1cnc(F)c(Nc2ncnc3cc(F)c(O[C@H]4CCN(C(=O)C=C)C4)nc23)c1. The van der Waals surface area contributed by atoms with E-state index in [0.29, 0.717) is 18.5 Å². The topological polar surface area (TPSA) is 93.1 Å². The lowest BCUT2D eigenvalue weighted by Crippen LogP contribution is -2.29. The lowest BCUT2D eigenvalue weighted by molar-refractivity contribution is -0.125. The number of hydrogen-bond acceptors (Lipinski definition) is 7. The molecule has 0 unspecified atom stereocenters. The lowest BCUT2D eigenvalue weighted by atomic mass is 10.2. The highest BCUT2D eigenvalue weighted by Crippen LogP contribution is 2.28. The van der Waals surface area contributed by atoms with Crippen LogP contribution in [0.25, 0.3) is 11.0 Å². The monoisotopic (exact) mass is 422 g/mol. The fourth-order valence-electron chi connectivity index (χ4n) is 3.17. The zero-order valence-electron chi connectivity index (χ0n) is 16.2. The van der Waals surface area contributed by atoms with Crippen molar-refractivity contribution in [2.24, 2.45) is 0 Å². The summed E-state index contributed by atoms with van der Waals surface area (Å²) in [5.41, 5.74) is 0.712. The summed E-state index contributed by atoms with van der Waals surface area (Å²) in [4.78, 5) is 29.2. The van der Waals surface area contributed by atoms with Crippen molar-refractivity contribution in [2.45, 2.75) is 12.5 Å². The molecule has 0 aliphatic carbocycles. The highest BCUT2D eigenvalue weighted by molar-refractivity contribution is 5.88. The van der Waals surface area contributed by atoms with Crippen LogP contribution in [-0.2, 0) is 4.79 Å². The Balaban J connectivity index is 1.64. The van der Waals surface area contributed by atoms with Crippen LogP contribution in [0.3, 0.4) is 0 Å². The Morgan fingerprint density at radius 3 is 2.97 bits per heavy atom. The Hall–Kier alpha value is -4.13. The van der Waals surface area contributed by atoms with Gasteiger partial charge in [-0.1, -0.05) is 12.5 Å². The molecule has 0 aromatic carbocycles. The number of anilines is 2. The third kappa shape index (κ3) is 4.11. The van der Waals surface area contributed by atoms with E-state index in [9.17, 15) is 13.6 Å². The van der Waals surface area contributed by atoms with Gasteiger partial charge in [-0.3, -0.25) is 4.79 Å². The second-order valence-corrected chi connectivity index (χ2v) is 6.71. The number of carbonyl (C=O) groups is 1. The van der Waals surface area contributed by atoms with E-state index in [1.165, 1.54) is 24.7 Å². The molecule has 1 amide bonds. The Labute approximate surface area is 176 Å². The summed E-state index contributed by atoms with van der Waals surface area (Å²) in [5, 5.41) is 2.77. The number of fused-ring (bicyclic) bond motifs is 1. The van der Waals surface area contributed by atoms with Crippen LogP contribution >= 0.6 is 0 Å². The molecule has 0 saturated carbocycles. The second kappa shape index (κ2) is 8.31. The fraction of sp³-hybridized carbons (Fsp3) is 0.190. The molecule has 0 spiro atoms. The van der Waals surface area contributed by atoms with Crippen molar-refractivity contribution in [3.63, 3.8) is 0 Å². The molecular weight excluding hydrogens is 406 g/mol. The molecule has 156 valence electrons. The second-order valence-electron chi connectivity index (χ2n) is 6.71. The predicted octanol–water partition coefficient (Wildman–Crippen LogP) is 2.59. The van der Waals surface area contributed by atoms with E-state index in [2.05, 4.69) is 37.8 Å². The zero-order valence-corrected chi connectivity index (χ0v) is 16.2. The van der Waals surface area contributed by atoms with Gasteiger partial charge in [0.25, 0.3) is 5.88 Å². The zero-order chi connectivity index (χ0) is 22.0. The van der Waals surface area contributed by atoms with Gasteiger partial charge in [0.15, 0.2) is 11.6 Å². The van der Waals surface area contributed by atoms with Crippen molar-refractivity contribution < 1.29 is 18.3 Å². The Kier molecular flexibility index (Phi) is 5.41. The minimum Gasteiger partial charge on any atom is -0.470 e. The molecular formula is C21H16F2N6O2. The summed E-state index contributed by atoms with van der Waals surface area (Å²) in [6.45, 7) is 4.21. The highest BCUT2D eigenvalue weighted by atomic mass is 19.1. The first-order valence-corrected chi connectivity index (χ1v) is 9.27. The smallest absolute Gasteiger partial charge is 0.251 e. The van der Waals surface area contributed by atoms with Crippen LogP contribution in [0, 0.1) is 24.1 Å². The maximum Gasteiger partial charge on any atom is 0.251 e. The molecule has 0 bridgehead atoms. The summed E-state index contributed by atoms with van der Waals surface area (Å²) in [6.07, 6.45) is 9.06. The maximum atomic E-state index is 14.6. The Bertz CT molecular complexity index is 1230. The van der Waals surface area contributed by atoms with Gasteiger partial charge in [-0.15, -0.1) is 6.42 Å². The van der Waals surface area contributed by atoms with Crippen molar-refractivity contribution in [2.75, 3.05) is 18.4 Å². The van der Waals surface area contributed by atoms with Crippen LogP contribution in [0.15, 0.2) is 37.3 Å². The van der Waals surface area contributed by atoms with Crippen LogP contribution in [0.5, 0.6) is 5.88 Å². The molecule has 4 rings (SSSR count). The van der Waals surface area contributed by atoms with E-state index in [0.717, 1.165) is 6.07 Å². The first kappa shape index (κ1) is 20.2. The molecule has 4 heterocycles. The van der Waals surface area contributed by atoms with E-state index in [1.807, 2.05) is 0 Å². The number of ether oxygens (including phenoxy) is 1. The number of nitrogens with one attached hydrogen (secondary N) is 1. The average Bonchev–Trinajstić information content (AvgIpc) is 3.24. The number of pyridine rings is 2. The predicted molar refractivity (Wildman–Crippen MR) is 109 cm³/mol. The highest BCUT2D eigenvalue weighted by Gasteiger charge is 2.28. The molecule has 1 aliphatic heterocycles. The van der Waals surface area contributed by atoms with Gasteiger partial charge in [0, 0.05) is 30.8 Å². The van der Waals surface area contributed by atoms with Crippen LogP contribution < -0.4 is 10.1 Å². The van der Waals surface area contributed by atoms with Gasteiger partial charge in [0.05, 0.1) is 17.7 Å². The van der Waals surface area contributed by atoms with Crippen LogP contribution in [0.2, 0.25) is 0 Å². The minimum atomic E-state index is -0.790. The number of carbonyl (C=O) groups excluding carboxylic acids is 1. The number of nitrogens with zero attached hydrogens (tertiary/aromatic N) is 5. The third-order valence-electron chi connectivity index (χ3n) is 4.70. The van der Waals surface area contributed by atoms with E-state index in [4.69, 9.17) is 11.2 Å². The summed E-state index contributed by atoms with van der Waals surface area (Å²) in [7, 11) is 0. The van der Waals surface area contributed by atoms with Gasteiger partial charge in [-0.2, -0.15) is 4.39 Å². The lowest BCUT2D eigenvalue weighted by Gasteiger charge is -2.16. The molecule has 1 aliphatic rings. The van der Waals surface area contributed by atoms with Gasteiger partial charge in [-0.25, -0.2) is 24.3 Å². The van der Waals surface area contributed by atoms with Crippen LogP contribution in [0.4, 0.5) is 20.3 Å². The Morgan fingerprint density at radius 2 is 2.19 bits per heavy atom. The van der Waals surface area contributed by atoms with E-state index < -0.39 is 17.9 Å². The number of terminal acetylenes is 1.